The Bertz CT molecular complexity index is 332. The highest BCUT2D eigenvalue weighted by Gasteiger charge is 2.07. The normalized spacial score (nSPS) is 9.21. The van der Waals surface area contributed by atoms with Crippen molar-refractivity contribution < 1.29 is 9.90 Å². The second-order valence-electron chi connectivity index (χ2n) is 2.73. The minimum atomic E-state index is -0.273. The summed E-state index contributed by atoms with van der Waals surface area (Å²) in [6, 6.07) is 6.07. The molecule has 0 unspecified atom stereocenters. The van der Waals surface area contributed by atoms with Crippen LogP contribution in [0.15, 0.2) is 37.0 Å². The van der Waals surface area contributed by atoms with Gasteiger partial charge in [-0.1, -0.05) is 6.58 Å². The Kier molecular flexibility index (Phi) is 3.12. The van der Waals surface area contributed by atoms with Gasteiger partial charge < -0.3 is 10.4 Å². The zero-order valence-corrected chi connectivity index (χ0v) is 7.90. The van der Waals surface area contributed by atoms with Crippen molar-refractivity contribution in [3.05, 3.63) is 37.0 Å². The summed E-state index contributed by atoms with van der Waals surface area (Å²) < 4.78 is 0. The Labute approximate surface area is 82.5 Å². The van der Waals surface area contributed by atoms with Gasteiger partial charge in [-0.05, 0) is 30.5 Å². The molecule has 14 heavy (non-hydrogen) atoms. The number of benzene rings is 1. The maximum absolute atomic E-state index is 11.3. The predicted molar refractivity (Wildman–Crippen MR) is 55.2 cm³/mol. The first kappa shape index (κ1) is 10.1. The van der Waals surface area contributed by atoms with E-state index in [1.54, 1.807) is 19.2 Å². The molecule has 0 aromatic heterocycles. The number of phenols is 1. The third kappa shape index (κ3) is 2.26. The van der Waals surface area contributed by atoms with Crippen molar-refractivity contribution >= 4 is 11.7 Å². The van der Waals surface area contributed by atoms with Gasteiger partial charge >= 0.3 is 6.03 Å². The number of amides is 2. The summed E-state index contributed by atoms with van der Waals surface area (Å²) in [4.78, 5) is 12.7. The second kappa shape index (κ2) is 4.32. The van der Waals surface area contributed by atoms with Gasteiger partial charge in [0.15, 0.2) is 0 Å². The van der Waals surface area contributed by atoms with E-state index in [0.717, 1.165) is 0 Å². The van der Waals surface area contributed by atoms with Crippen molar-refractivity contribution in [1.82, 2.24) is 5.32 Å². The molecule has 0 radical (unpaired) electrons. The van der Waals surface area contributed by atoms with Gasteiger partial charge in [-0.15, -0.1) is 0 Å². The van der Waals surface area contributed by atoms with E-state index in [2.05, 4.69) is 11.9 Å². The van der Waals surface area contributed by atoms with Crippen LogP contribution in [0.2, 0.25) is 0 Å². The highest BCUT2D eigenvalue weighted by atomic mass is 16.3. The number of aromatic hydroxyl groups is 1. The molecule has 1 aromatic rings. The number of hydrogen-bond donors (Lipinski definition) is 2. The van der Waals surface area contributed by atoms with E-state index in [1.807, 2.05) is 0 Å². The molecule has 0 spiro atoms. The van der Waals surface area contributed by atoms with E-state index >= 15 is 0 Å². The standard InChI is InChI=1S/C10H12N2O2/c1-3-11-10(14)12(2)8-4-6-9(13)7-5-8/h3-7,13H,1H2,2H3,(H,11,14). The zero-order chi connectivity index (χ0) is 10.6. The number of hydrogen-bond acceptors (Lipinski definition) is 2. The van der Waals surface area contributed by atoms with E-state index in [0.29, 0.717) is 5.69 Å². The average Bonchev–Trinajstić information content (AvgIpc) is 2.18. The Balaban J connectivity index is 2.78. The fourth-order valence-corrected chi connectivity index (χ4v) is 0.978. The summed E-state index contributed by atoms with van der Waals surface area (Å²) in [6.07, 6.45) is 1.32. The van der Waals surface area contributed by atoms with Crippen LogP contribution in [-0.4, -0.2) is 18.2 Å². The fraction of sp³-hybridized carbons (Fsp3) is 0.100. The number of carbonyl (C=O) groups is 1. The summed E-state index contributed by atoms with van der Waals surface area (Å²) in [7, 11) is 1.63. The smallest absolute Gasteiger partial charge is 0.325 e. The Hall–Kier alpha value is -1.97. The van der Waals surface area contributed by atoms with Gasteiger partial charge in [-0.2, -0.15) is 0 Å². The monoisotopic (exact) mass is 192 g/mol. The molecule has 1 aromatic carbocycles. The first-order valence-corrected chi connectivity index (χ1v) is 4.09. The Morgan fingerprint density at radius 2 is 2.07 bits per heavy atom. The summed E-state index contributed by atoms with van der Waals surface area (Å²) in [6.45, 7) is 3.39. The SMILES string of the molecule is C=CNC(=O)N(C)c1ccc(O)cc1. The van der Waals surface area contributed by atoms with E-state index in [-0.39, 0.29) is 11.8 Å². The van der Waals surface area contributed by atoms with Crippen LogP contribution in [0.1, 0.15) is 0 Å². The number of urea groups is 1. The number of nitrogens with zero attached hydrogens (tertiary/aromatic N) is 1. The number of anilines is 1. The van der Waals surface area contributed by atoms with Gasteiger partial charge in [0.2, 0.25) is 0 Å². The molecule has 0 aliphatic rings. The summed E-state index contributed by atoms with van der Waals surface area (Å²) >= 11 is 0. The van der Waals surface area contributed by atoms with E-state index in [9.17, 15) is 4.79 Å². The molecule has 0 aliphatic carbocycles. The van der Waals surface area contributed by atoms with Gasteiger partial charge in [-0.3, -0.25) is 4.90 Å². The van der Waals surface area contributed by atoms with Crippen LogP contribution in [0.5, 0.6) is 5.75 Å². The molecule has 1 rings (SSSR count). The van der Waals surface area contributed by atoms with E-state index < -0.39 is 0 Å². The van der Waals surface area contributed by atoms with Crippen LogP contribution in [0, 0.1) is 0 Å². The lowest BCUT2D eigenvalue weighted by Crippen LogP contribution is -2.33. The number of nitrogens with one attached hydrogen (secondary N) is 1. The largest absolute Gasteiger partial charge is 0.508 e. The Morgan fingerprint density at radius 3 is 2.57 bits per heavy atom. The third-order valence-electron chi connectivity index (χ3n) is 1.77. The summed E-state index contributed by atoms with van der Waals surface area (Å²) in [5.41, 5.74) is 0.696. The molecule has 4 nitrogen and oxygen atoms in total. The van der Waals surface area contributed by atoms with Crippen molar-refractivity contribution in [1.29, 1.82) is 0 Å². The molecule has 0 saturated heterocycles. The molecule has 0 bridgehead atoms. The molecular weight excluding hydrogens is 180 g/mol. The van der Waals surface area contributed by atoms with Crippen molar-refractivity contribution in [3.8, 4) is 5.75 Å². The van der Waals surface area contributed by atoms with E-state index in [1.165, 1.54) is 23.2 Å². The van der Waals surface area contributed by atoms with Gasteiger partial charge in [0.1, 0.15) is 5.75 Å². The van der Waals surface area contributed by atoms with Crippen LogP contribution < -0.4 is 10.2 Å². The zero-order valence-electron chi connectivity index (χ0n) is 7.90. The molecule has 0 atom stereocenters. The highest BCUT2D eigenvalue weighted by Crippen LogP contribution is 2.16. The van der Waals surface area contributed by atoms with Crippen molar-refractivity contribution in [2.75, 3.05) is 11.9 Å². The maximum atomic E-state index is 11.3. The predicted octanol–water partition coefficient (Wildman–Crippen LogP) is 1.68. The van der Waals surface area contributed by atoms with Crippen molar-refractivity contribution in [3.63, 3.8) is 0 Å². The Morgan fingerprint density at radius 1 is 1.50 bits per heavy atom. The number of rotatable bonds is 2. The molecule has 74 valence electrons. The minimum absolute atomic E-state index is 0.172. The summed E-state index contributed by atoms with van der Waals surface area (Å²) in [5, 5.41) is 11.5. The van der Waals surface area contributed by atoms with Gasteiger partial charge in [0.05, 0.1) is 0 Å². The number of carbonyl (C=O) groups excluding carboxylic acids is 1. The maximum Gasteiger partial charge on any atom is 0.325 e. The quantitative estimate of drug-likeness (QED) is 0.749. The molecule has 0 fully saturated rings. The molecule has 0 aliphatic heterocycles. The van der Waals surface area contributed by atoms with Gasteiger partial charge in [0.25, 0.3) is 0 Å². The molecule has 0 saturated carbocycles. The topological polar surface area (TPSA) is 52.6 Å². The second-order valence-corrected chi connectivity index (χ2v) is 2.73. The van der Waals surface area contributed by atoms with Crippen LogP contribution in [0.4, 0.5) is 10.5 Å². The lowest BCUT2D eigenvalue weighted by atomic mass is 10.3. The molecule has 0 heterocycles. The highest BCUT2D eigenvalue weighted by molar-refractivity contribution is 5.91. The minimum Gasteiger partial charge on any atom is -0.508 e. The van der Waals surface area contributed by atoms with Crippen LogP contribution in [0.25, 0.3) is 0 Å². The molecule has 2 N–H and O–H groups in total. The van der Waals surface area contributed by atoms with Gasteiger partial charge in [0, 0.05) is 12.7 Å². The third-order valence-corrected chi connectivity index (χ3v) is 1.77. The van der Waals surface area contributed by atoms with Crippen LogP contribution in [-0.2, 0) is 0 Å². The first-order chi connectivity index (χ1) is 6.65. The van der Waals surface area contributed by atoms with E-state index in [4.69, 9.17) is 5.11 Å². The summed E-state index contributed by atoms with van der Waals surface area (Å²) in [5.74, 6) is 0.172. The van der Waals surface area contributed by atoms with Gasteiger partial charge in [-0.25, -0.2) is 4.79 Å². The van der Waals surface area contributed by atoms with Crippen LogP contribution >= 0.6 is 0 Å². The average molecular weight is 192 g/mol. The molecule has 4 heteroatoms. The first-order valence-electron chi connectivity index (χ1n) is 4.09. The lowest BCUT2D eigenvalue weighted by molar-refractivity contribution is 0.250. The van der Waals surface area contributed by atoms with Crippen molar-refractivity contribution in [2.24, 2.45) is 0 Å². The lowest BCUT2D eigenvalue weighted by Gasteiger charge is -2.16. The molecular formula is C10H12N2O2. The number of phenolic OH excluding ortho intramolecular Hbond substituents is 1. The van der Waals surface area contributed by atoms with Crippen LogP contribution in [0.3, 0.4) is 0 Å². The molecule has 2 amide bonds. The fourth-order valence-electron chi connectivity index (χ4n) is 0.978. The van der Waals surface area contributed by atoms with Crippen molar-refractivity contribution in [2.45, 2.75) is 0 Å².